The van der Waals surface area contributed by atoms with E-state index in [2.05, 4.69) is 17.5 Å². The molecule has 5 nitrogen and oxygen atoms in total. The van der Waals surface area contributed by atoms with Crippen molar-refractivity contribution in [2.75, 3.05) is 12.4 Å². The van der Waals surface area contributed by atoms with Crippen molar-refractivity contribution < 1.29 is 19.4 Å². The summed E-state index contributed by atoms with van der Waals surface area (Å²) in [5.41, 5.74) is 0.650. The Hall–Kier alpha value is -2.30. The lowest BCUT2D eigenvalue weighted by molar-refractivity contribution is -0.122. The molecule has 1 aromatic rings. The summed E-state index contributed by atoms with van der Waals surface area (Å²) < 4.78 is 5.19. The van der Waals surface area contributed by atoms with Crippen LogP contribution in [0.4, 0.5) is 5.69 Å². The molecule has 1 amide bonds. The van der Waals surface area contributed by atoms with Gasteiger partial charge < -0.3 is 15.2 Å². The van der Waals surface area contributed by atoms with Gasteiger partial charge in [-0.3, -0.25) is 4.79 Å². The maximum atomic E-state index is 12.5. The monoisotopic (exact) mass is 301 g/mol. The second-order valence-electron chi connectivity index (χ2n) is 5.94. The third-order valence-corrected chi connectivity index (χ3v) is 4.62. The highest BCUT2D eigenvalue weighted by Gasteiger charge is 2.36. The topological polar surface area (TPSA) is 75.6 Å². The first-order valence-electron chi connectivity index (χ1n) is 7.49. The Morgan fingerprint density at radius 3 is 2.64 bits per heavy atom. The summed E-state index contributed by atoms with van der Waals surface area (Å²) >= 11 is 0. The van der Waals surface area contributed by atoms with E-state index < -0.39 is 5.97 Å². The highest BCUT2D eigenvalue weighted by molar-refractivity contribution is 5.96. The van der Waals surface area contributed by atoms with Crippen LogP contribution in [0.3, 0.4) is 0 Å². The molecule has 116 valence electrons. The number of anilines is 1. The molecule has 1 saturated carbocycles. The molecule has 1 fully saturated rings. The number of benzene rings is 1. The van der Waals surface area contributed by atoms with E-state index in [4.69, 9.17) is 9.84 Å². The SMILES string of the molecule is COc1cc(C(=O)O)ccc1NC(=O)[C@@H]1C[C@@H]2C=C[C@H]1CC2. The number of nitrogens with one attached hydrogen (secondary N) is 1. The van der Waals surface area contributed by atoms with Crippen molar-refractivity contribution in [2.24, 2.45) is 17.8 Å². The van der Waals surface area contributed by atoms with Gasteiger partial charge in [0, 0.05) is 5.92 Å². The van der Waals surface area contributed by atoms with E-state index in [1.54, 1.807) is 6.07 Å². The second-order valence-corrected chi connectivity index (χ2v) is 5.94. The zero-order chi connectivity index (χ0) is 15.7. The number of carboxylic acid groups (broad SMARTS) is 1. The van der Waals surface area contributed by atoms with Crippen LogP contribution in [0.5, 0.6) is 5.75 Å². The number of aromatic carboxylic acids is 1. The van der Waals surface area contributed by atoms with E-state index >= 15 is 0 Å². The molecule has 0 spiro atoms. The number of hydrogen-bond donors (Lipinski definition) is 2. The summed E-state index contributed by atoms with van der Waals surface area (Å²) in [5.74, 6) is 0.148. The molecule has 22 heavy (non-hydrogen) atoms. The first kappa shape index (κ1) is 14.6. The second kappa shape index (κ2) is 5.83. The lowest BCUT2D eigenvalue weighted by Crippen LogP contribution is -2.36. The van der Waals surface area contributed by atoms with Gasteiger partial charge in [0.1, 0.15) is 5.75 Å². The minimum absolute atomic E-state index is 0.00685. The van der Waals surface area contributed by atoms with Crippen LogP contribution in [-0.4, -0.2) is 24.1 Å². The maximum Gasteiger partial charge on any atom is 0.335 e. The average molecular weight is 301 g/mol. The van der Waals surface area contributed by atoms with Crippen LogP contribution < -0.4 is 10.1 Å². The Morgan fingerprint density at radius 1 is 1.27 bits per heavy atom. The van der Waals surface area contributed by atoms with E-state index in [0.29, 0.717) is 23.3 Å². The normalized spacial score (nSPS) is 25.8. The summed E-state index contributed by atoms with van der Waals surface area (Å²) in [6.45, 7) is 0. The Balaban J connectivity index is 1.77. The number of fused-ring (bicyclic) bond motifs is 2. The maximum absolute atomic E-state index is 12.5. The third-order valence-electron chi connectivity index (χ3n) is 4.62. The Kier molecular flexibility index (Phi) is 3.88. The molecule has 2 bridgehead atoms. The molecule has 0 aromatic heterocycles. The molecule has 0 saturated heterocycles. The van der Waals surface area contributed by atoms with Gasteiger partial charge in [0.2, 0.25) is 5.91 Å². The molecule has 3 aliphatic carbocycles. The Labute approximate surface area is 129 Å². The van der Waals surface area contributed by atoms with Crippen molar-refractivity contribution in [3.63, 3.8) is 0 Å². The molecular weight excluding hydrogens is 282 g/mol. The lowest BCUT2D eigenvalue weighted by Gasteiger charge is -2.37. The third kappa shape index (κ3) is 2.71. The van der Waals surface area contributed by atoms with Gasteiger partial charge in [-0.1, -0.05) is 12.2 Å². The van der Waals surface area contributed by atoms with Gasteiger partial charge >= 0.3 is 5.97 Å². The first-order chi connectivity index (χ1) is 10.6. The molecular formula is C17H19NO4. The standard InChI is InChI=1S/C17H19NO4/c1-22-15-9-12(17(20)21)6-7-14(15)18-16(19)13-8-10-2-4-11(13)5-3-10/h2,4,6-7,9-11,13H,3,5,8H2,1H3,(H,18,19)(H,20,21)/t10-,11+,13-/m1/s1. The molecule has 4 rings (SSSR count). The van der Waals surface area contributed by atoms with Gasteiger partial charge in [0.25, 0.3) is 0 Å². The van der Waals surface area contributed by atoms with Crippen LogP contribution in [0.25, 0.3) is 0 Å². The number of amides is 1. The van der Waals surface area contributed by atoms with Crippen LogP contribution in [0, 0.1) is 17.8 Å². The van der Waals surface area contributed by atoms with Crippen LogP contribution in [-0.2, 0) is 4.79 Å². The fourth-order valence-corrected chi connectivity index (χ4v) is 3.39. The minimum atomic E-state index is -1.02. The van der Waals surface area contributed by atoms with Gasteiger partial charge in [0.05, 0.1) is 18.4 Å². The summed E-state index contributed by atoms with van der Waals surface area (Å²) in [7, 11) is 1.46. The molecule has 0 heterocycles. The van der Waals surface area contributed by atoms with Crippen LogP contribution in [0.2, 0.25) is 0 Å². The van der Waals surface area contributed by atoms with Crippen molar-refractivity contribution in [1.29, 1.82) is 0 Å². The lowest BCUT2D eigenvalue weighted by atomic mass is 9.69. The summed E-state index contributed by atoms with van der Waals surface area (Å²) in [5, 5.41) is 11.9. The number of carboxylic acids is 1. The van der Waals surface area contributed by atoms with Gasteiger partial charge in [-0.2, -0.15) is 0 Å². The summed E-state index contributed by atoms with van der Waals surface area (Å²) in [4.78, 5) is 23.5. The molecule has 2 N–H and O–H groups in total. The Morgan fingerprint density at radius 2 is 2.09 bits per heavy atom. The van der Waals surface area contributed by atoms with E-state index in [9.17, 15) is 9.59 Å². The van der Waals surface area contributed by atoms with Crippen LogP contribution in [0.15, 0.2) is 30.4 Å². The van der Waals surface area contributed by atoms with Crippen molar-refractivity contribution >= 4 is 17.6 Å². The predicted octanol–water partition coefficient (Wildman–Crippen LogP) is 2.93. The minimum Gasteiger partial charge on any atom is -0.495 e. The smallest absolute Gasteiger partial charge is 0.335 e. The van der Waals surface area contributed by atoms with Crippen molar-refractivity contribution in [3.8, 4) is 5.75 Å². The molecule has 1 aromatic carbocycles. The molecule has 5 heteroatoms. The van der Waals surface area contributed by atoms with Crippen LogP contribution >= 0.6 is 0 Å². The van der Waals surface area contributed by atoms with Crippen molar-refractivity contribution in [1.82, 2.24) is 0 Å². The fraction of sp³-hybridized carbons (Fsp3) is 0.412. The van der Waals surface area contributed by atoms with E-state index in [1.807, 2.05) is 0 Å². The molecule has 0 unspecified atom stereocenters. The van der Waals surface area contributed by atoms with Crippen molar-refractivity contribution in [3.05, 3.63) is 35.9 Å². The summed E-state index contributed by atoms with van der Waals surface area (Å²) in [6.07, 6.45) is 7.51. The summed E-state index contributed by atoms with van der Waals surface area (Å²) in [6, 6.07) is 4.47. The van der Waals surface area contributed by atoms with Gasteiger partial charge in [-0.15, -0.1) is 0 Å². The van der Waals surface area contributed by atoms with Crippen molar-refractivity contribution in [2.45, 2.75) is 19.3 Å². The van der Waals surface area contributed by atoms with Crippen LogP contribution in [0.1, 0.15) is 29.6 Å². The molecule has 0 aliphatic heterocycles. The van der Waals surface area contributed by atoms with Gasteiger partial charge in [-0.05, 0) is 49.3 Å². The number of carbonyl (C=O) groups is 2. The quantitative estimate of drug-likeness (QED) is 0.838. The molecule has 3 aliphatic rings. The zero-order valence-electron chi connectivity index (χ0n) is 12.4. The van der Waals surface area contributed by atoms with E-state index in [-0.39, 0.29) is 17.4 Å². The largest absolute Gasteiger partial charge is 0.495 e. The highest BCUT2D eigenvalue weighted by atomic mass is 16.5. The number of methoxy groups -OCH3 is 1. The van der Waals surface area contributed by atoms with E-state index in [1.165, 1.54) is 25.7 Å². The molecule has 0 radical (unpaired) electrons. The number of rotatable bonds is 4. The number of carbonyl (C=O) groups excluding carboxylic acids is 1. The number of ether oxygens (including phenoxy) is 1. The van der Waals surface area contributed by atoms with Gasteiger partial charge in [-0.25, -0.2) is 4.79 Å². The average Bonchev–Trinajstić information content (AvgIpc) is 2.56. The fourth-order valence-electron chi connectivity index (χ4n) is 3.39. The number of allylic oxidation sites excluding steroid dienone is 2. The Bertz CT molecular complexity index is 638. The predicted molar refractivity (Wildman–Crippen MR) is 82.0 cm³/mol. The number of hydrogen-bond acceptors (Lipinski definition) is 3. The first-order valence-corrected chi connectivity index (χ1v) is 7.49. The van der Waals surface area contributed by atoms with E-state index in [0.717, 1.165) is 12.8 Å². The highest BCUT2D eigenvalue weighted by Crippen LogP contribution is 2.41. The zero-order valence-corrected chi connectivity index (χ0v) is 12.4. The van der Waals surface area contributed by atoms with Gasteiger partial charge in [0.15, 0.2) is 0 Å². The molecule has 3 atom stereocenters.